The van der Waals surface area contributed by atoms with Crippen molar-refractivity contribution >= 4 is 6.03 Å². The van der Waals surface area contributed by atoms with Crippen LogP contribution in [0.5, 0.6) is 0 Å². The van der Waals surface area contributed by atoms with Crippen LogP contribution in [-0.2, 0) is 5.54 Å². The summed E-state index contributed by atoms with van der Waals surface area (Å²) in [6.07, 6.45) is 1.73. The van der Waals surface area contributed by atoms with E-state index in [2.05, 4.69) is 10.6 Å². The average Bonchev–Trinajstić information content (AvgIpc) is 2.97. The number of rotatable bonds is 3. The van der Waals surface area contributed by atoms with Crippen LogP contribution in [0, 0.1) is 5.82 Å². The summed E-state index contributed by atoms with van der Waals surface area (Å²) in [5.74, 6) is -0.264. The lowest BCUT2D eigenvalue weighted by molar-refractivity contribution is 0.233. The molecule has 1 aromatic rings. The number of halogens is 1. The largest absolute Gasteiger partial charge is 0.336 e. The van der Waals surface area contributed by atoms with E-state index in [0.29, 0.717) is 0 Å². The Bertz CT molecular complexity index is 427. The van der Waals surface area contributed by atoms with Crippen LogP contribution in [0.25, 0.3) is 0 Å². The third-order valence-corrected chi connectivity index (χ3v) is 2.90. The highest BCUT2D eigenvalue weighted by Gasteiger charge is 2.45. The minimum atomic E-state index is -0.360. The van der Waals surface area contributed by atoms with Gasteiger partial charge in [-0.15, -0.1) is 0 Å². The summed E-state index contributed by atoms with van der Waals surface area (Å²) in [4.78, 5) is 11.7. The maximum atomic E-state index is 13.1. The second kappa shape index (κ2) is 4.35. The summed E-state index contributed by atoms with van der Waals surface area (Å²) >= 11 is 0. The Morgan fingerprint density at radius 2 is 2.12 bits per heavy atom. The van der Waals surface area contributed by atoms with Crippen LogP contribution in [0.3, 0.4) is 0 Å². The number of nitrogens with one attached hydrogen (secondary N) is 2. The van der Waals surface area contributed by atoms with Crippen LogP contribution in [0.15, 0.2) is 24.3 Å². The second-order valence-corrected chi connectivity index (χ2v) is 4.85. The molecule has 0 aromatic heterocycles. The summed E-state index contributed by atoms with van der Waals surface area (Å²) in [5.41, 5.74) is 0.484. The van der Waals surface area contributed by atoms with E-state index >= 15 is 0 Å². The molecule has 0 unspecified atom stereocenters. The van der Waals surface area contributed by atoms with Gasteiger partial charge in [0, 0.05) is 6.04 Å². The molecule has 0 bridgehead atoms. The van der Waals surface area contributed by atoms with Gasteiger partial charge in [-0.3, -0.25) is 0 Å². The molecule has 2 amide bonds. The van der Waals surface area contributed by atoms with Crippen LogP contribution in [0.4, 0.5) is 9.18 Å². The summed E-state index contributed by atoms with van der Waals surface area (Å²) in [6.45, 7) is 3.81. The van der Waals surface area contributed by atoms with Crippen molar-refractivity contribution in [3.63, 3.8) is 0 Å². The van der Waals surface area contributed by atoms with Gasteiger partial charge in [0.05, 0.1) is 5.54 Å². The summed E-state index contributed by atoms with van der Waals surface area (Å²) in [6, 6.07) is 6.33. The van der Waals surface area contributed by atoms with Gasteiger partial charge in [0.15, 0.2) is 0 Å². The normalized spacial score (nSPS) is 16.7. The zero-order valence-corrected chi connectivity index (χ0v) is 10.1. The third-order valence-electron chi connectivity index (χ3n) is 2.90. The van der Waals surface area contributed by atoms with Crippen LogP contribution < -0.4 is 10.6 Å². The Labute approximate surface area is 100 Å². The molecule has 0 heterocycles. The molecule has 0 spiro atoms. The molecule has 2 rings (SSSR count). The number of amides is 2. The van der Waals surface area contributed by atoms with Gasteiger partial charge < -0.3 is 10.6 Å². The van der Waals surface area contributed by atoms with Gasteiger partial charge in [0.1, 0.15) is 5.82 Å². The standard InChI is InChI=1S/C13H17FN2O/c1-9(2)15-12(17)16-13(6-7-13)10-4-3-5-11(14)8-10/h3-5,8-9H,6-7H2,1-2H3,(H2,15,16,17). The van der Waals surface area contributed by atoms with E-state index in [0.717, 1.165) is 18.4 Å². The number of carbonyl (C=O) groups is 1. The molecule has 0 saturated heterocycles. The fraction of sp³-hybridized carbons (Fsp3) is 0.462. The van der Waals surface area contributed by atoms with Crippen molar-refractivity contribution in [2.75, 3.05) is 0 Å². The van der Waals surface area contributed by atoms with Gasteiger partial charge in [-0.05, 0) is 44.4 Å². The highest BCUT2D eigenvalue weighted by Crippen LogP contribution is 2.45. The smallest absolute Gasteiger partial charge is 0.315 e. The molecule has 4 heteroatoms. The first kappa shape index (κ1) is 11.9. The summed E-state index contributed by atoms with van der Waals surface area (Å²) < 4.78 is 13.1. The number of hydrogen-bond donors (Lipinski definition) is 2. The summed E-state index contributed by atoms with van der Waals surface area (Å²) in [5, 5.41) is 5.70. The van der Waals surface area contributed by atoms with Crippen molar-refractivity contribution in [3.05, 3.63) is 35.6 Å². The molecule has 0 aliphatic heterocycles. The molecule has 1 aromatic carbocycles. The first-order valence-electron chi connectivity index (χ1n) is 5.86. The van der Waals surface area contributed by atoms with Crippen LogP contribution in [-0.4, -0.2) is 12.1 Å². The van der Waals surface area contributed by atoms with Gasteiger partial charge in [0.25, 0.3) is 0 Å². The van der Waals surface area contributed by atoms with Gasteiger partial charge in [-0.1, -0.05) is 12.1 Å². The second-order valence-electron chi connectivity index (χ2n) is 4.85. The molecule has 1 saturated carbocycles. The zero-order chi connectivity index (χ0) is 12.5. The highest BCUT2D eigenvalue weighted by atomic mass is 19.1. The minimum Gasteiger partial charge on any atom is -0.336 e. The van der Waals surface area contributed by atoms with Crippen LogP contribution in [0.2, 0.25) is 0 Å². The SMILES string of the molecule is CC(C)NC(=O)NC1(c2cccc(F)c2)CC1. The topological polar surface area (TPSA) is 41.1 Å². The van der Waals surface area contributed by atoms with Gasteiger partial charge >= 0.3 is 6.03 Å². The van der Waals surface area contributed by atoms with Gasteiger partial charge in [-0.2, -0.15) is 0 Å². The minimum absolute atomic E-state index is 0.0957. The highest BCUT2D eigenvalue weighted by molar-refractivity contribution is 5.76. The molecule has 17 heavy (non-hydrogen) atoms. The lowest BCUT2D eigenvalue weighted by Crippen LogP contribution is -2.44. The van der Waals surface area contributed by atoms with Crippen molar-refractivity contribution in [1.29, 1.82) is 0 Å². The lowest BCUT2D eigenvalue weighted by atomic mass is 10.1. The van der Waals surface area contributed by atoms with E-state index in [4.69, 9.17) is 0 Å². The molecule has 92 valence electrons. The predicted molar refractivity (Wildman–Crippen MR) is 64.1 cm³/mol. The number of hydrogen-bond acceptors (Lipinski definition) is 1. The molecule has 1 fully saturated rings. The number of urea groups is 1. The summed E-state index contributed by atoms with van der Waals surface area (Å²) in [7, 11) is 0. The van der Waals surface area contributed by atoms with E-state index in [1.165, 1.54) is 12.1 Å². The Hall–Kier alpha value is -1.58. The molecular weight excluding hydrogens is 219 g/mol. The molecule has 0 radical (unpaired) electrons. The Morgan fingerprint density at radius 1 is 1.41 bits per heavy atom. The third kappa shape index (κ3) is 2.75. The van der Waals surface area contributed by atoms with Crippen molar-refractivity contribution in [3.8, 4) is 0 Å². The first-order valence-corrected chi connectivity index (χ1v) is 5.86. The first-order chi connectivity index (χ1) is 8.02. The van der Waals surface area contributed by atoms with Crippen molar-refractivity contribution in [1.82, 2.24) is 10.6 Å². The maximum Gasteiger partial charge on any atom is 0.315 e. The molecule has 1 aliphatic rings. The molecule has 0 atom stereocenters. The number of carbonyl (C=O) groups excluding carboxylic acids is 1. The van der Waals surface area contributed by atoms with E-state index < -0.39 is 0 Å². The predicted octanol–water partition coefficient (Wildman–Crippen LogP) is 2.52. The van der Waals surface area contributed by atoms with Crippen LogP contribution in [0.1, 0.15) is 32.3 Å². The van der Waals surface area contributed by atoms with Crippen molar-refractivity contribution in [2.45, 2.75) is 38.3 Å². The van der Waals surface area contributed by atoms with Crippen molar-refractivity contribution in [2.24, 2.45) is 0 Å². The van der Waals surface area contributed by atoms with Gasteiger partial charge in [0.2, 0.25) is 0 Å². The monoisotopic (exact) mass is 236 g/mol. The molecule has 1 aliphatic carbocycles. The maximum absolute atomic E-state index is 13.1. The Morgan fingerprint density at radius 3 is 2.65 bits per heavy atom. The Kier molecular flexibility index (Phi) is 3.05. The lowest BCUT2D eigenvalue weighted by Gasteiger charge is -2.19. The average molecular weight is 236 g/mol. The van der Waals surface area contributed by atoms with Gasteiger partial charge in [-0.25, -0.2) is 9.18 Å². The number of benzene rings is 1. The Balaban J connectivity index is 2.07. The van der Waals surface area contributed by atoms with E-state index in [1.807, 2.05) is 19.9 Å². The van der Waals surface area contributed by atoms with E-state index in [1.54, 1.807) is 6.07 Å². The van der Waals surface area contributed by atoms with Crippen molar-refractivity contribution < 1.29 is 9.18 Å². The van der Waals surface area contributed by atoms with Crippen LogP contribution >= 0.6 is 0 Å². The molecule has 2 N–H and O–H groups in total. The fourth-order valence-corrected chi connectivity index (χ4v) is 1.91. The fourth-order valence-electron chi connectivity index (χ4n) is 1.91. The van der Waals surface area contributed by atoms with E-state index in [-0.39, 0.29) is 23.4 Å². The van der Waals surface area contributed by atoms with E-state index in [9.17, 15) is 9.18 Å². The molecular formula is C13H17FN2O. The zero-order valence-electron chi connectivity index (χ0n) is 10.1. The molecule has 3 nitrogen and oxygen atoms in total. The quantitative estimate of drug-likeness (QED) is 0.832.